The van der Waals surface area contributed by atoms with Gasteiger partial charge in [-0.05, 0) is 55.7 Å². The summed E-state index contributed by atoms with van der Waals surface area (Å²) in [5.41, 5.74) is 2.91. The molecule has 1 aromatic carbocycles. The number of aryl methyl sites for hydroxylation is 1. The van der Waals surface area contributed by atoms with E-state index in [1.165, 1.54) is 30.4 Å². The largest absolute Gasteiger partial charge is 0.313 e. The van der Waals surface area contributed by atoms with Crippen molar-refractivity contribution in [3.63, 3.8) is 0 Å². The summed E-state index contributed by atoms with van der Waals surface area (Å²) >= 11 is 0. The topological polar surface area (TPSA) is 12.0 Å². The van der Waals surface area contributed by atoms with Gasteiger partial charge in [-0.3, -0.25) is 0 Å². The third kappa shape index (κ3) is 3.58. The van der Waals surface area contributed by atoms with Gasteiger partial charge in [-0.2, -0.15) is 0 Å². The van der Waals surface area contributed by atoms with Crippen LogP contribution < -0.4 is 5.32 Å². The zero-order valence-corrected chi connectivity index (χ0v) is 12.1. The van der Waals surface area contributed by atoms with Gasteiger partial charge in [0.15, 0.2) is 0 Å². The Kier molecular flexibility index (Phi) is 4.82. The highest BCUT2D eigenvalue weighted by Gasteiger charge is 2.24. The molecule has 0 amide bonds. The van der Waals surface area contributed by atoms with E-state index in [0.29, 0.717) is 0 Å². The van der Waals surface area contributed by atoms with E-state index in [9.17, 15) is 0 Å². The fraction of sp³-hybridized carbons (Fsp3) is 0.647. The predicted molar refractivity (Wildman–Crippen MR) is 78.9 cm³/mol. The van der Waals surface area contributed by atoms with Crippen LogP contribution in [0.1, 0.15) is 44.2 Å². The molecule has 1 saturated carbocycles. The van der Waals surface area contributed by atoms with Crippen molar-refractivity contribution in [3.8, 4) is 0 Å². The molecular weight excluding hydrogens is 218 g/mol. The van der Waals surface area contributed by atoms with Crippen LogP contribution in [0.2, 0.25) is 0 Å². The fourth-order valence-corrected chi connectivity index (χ4v) is 3.10. The average molecular weight is 245 g/mol. The summed E-state index contributed by atoms with van der Waals surface area (Å²) in [6.07, 6.45) is 5.32. The molecule has 1 fully saturated rings. The average Bonchev–Trinajstić information content (AvgIpc) is 2.36. The molecular formula is C17H27N. The molecule has 1 aliphatic carbocycles. The number of nitrogens with one attached hydrogen (secondary N) is 1. The van der Waals surface area contributed by atoms with Gasteiger partial charge in [-0.1, -0.05) is 44.5 Å². The SMILES string of the molecule is Cc1ccccc1CCNC1CC(C)CCC1C. The quantitative estimate of drug-likeness (QED) is 0.847. The van der Waals surface area contributed by atoms with E-state index < -0.39 is 0 Å². The lowest BCUT2D eigenvalue weighted by molar-refractivity contribution is 0.230. The van der Waals surface area contributed by atoms with Crippen molar-refractivity contribution in [2.45, 2.75) is 52.5 Å². The van der Waals surface area contributed by atoms with Crippen LogP contribution in [0.3, 0.4) is 0 Å². The van der Waals surface area contributed by atoms with Gasteiger partial charge < -0.3 is 5.32 Å². The first-order valence-electron chi connectivity index (χ1n) is 7.44. The van der Waals surface area contributed by atoms with Gasteiger partial charge in [0, 0.05) is 6.04 Å². The Balaban J connectivity index is 1.79. The second-order valence-corrected chi connectivity index (χ2v) is 6.13. The van der Waals surface area contributed by atoms with Crippen LogP contribution in [0.4, 0.5) is 0 Å². The van der Waals surface area contributed by atoms with E-state index in [-0.39, 0.29) is 0 Å². The number of rotatable bonds is 4. The summed E-state index contributed by atoms with van der Waals surface area (Å²) in [7, 11) is 0. The molecule has 0 radical (unpaired) electrons. The first-order chi connectivity index (χ1) is 8.66. The van der Waals surface area contributed by atoms with Crippen LogP contribution >= 0.6 is 0 Å². The second-order valence-electron chi connectivity index (χ2n) is 6.13. The van der Waals surface area contributed by atoms with Gasteiger partial charge in [0.05, 0.1) is 0 Å². The highest BCUT2D eigenvalue weighted by atomic mass is 14.9. The lowest BCUT2D eigenvalue weighted by atomic mass is 9.80. The molecule has 100 valence electrons. The molecule has 3 atom stereocenters. The van der Waals surface area contributed by atoms with Gasteiger partial charge in [0.1, 0.15) is 0 Å². The van der Waals surface area contributed by atoms with Crippen molar-refractivity contribution in [2.75, 3.05) is 6.54 Å². The number of benzene rings is 1. The molecule has 0 aliphatic heterocycles. The standard InChI is InChI=1S/C17H27N/c1-13-8-9-15(3)17(12-13)18-11-10-16-7-5-4-6-14(16)2/h4-7,13,15,17-18H,8-12H2,1-3H3. The zero-order chi connectivity index (χ0) is 13.0. The maximum absolute atomic E-state index is 3.78. The van der Waals surface area contributed by atoms with Gasteiger partial charge in [0.2, 0.25) is 0 Å². The van der Waals surface area contributed by atoms with Crippen LogP contribution in [0, 0.1) is 18.8 Å². The molecule has 1 N–H and O–H groups in total. The summed E-state index contributed by atoms with van der Waals surface area (Å²) in [5, 5.41) is 3.78. The summed E-state index contributed by atoms with van der Waals surface area (Å²) in [5.74, 6) is 1.75. The lowest BCUT2D eigenvalue weighted by Crippen LogP contribution is -2.40. The van der Waals surface area contributed by atoms with Crippen LogP contribution in [-0.2, 0) is 6.42 Å². The van der Waals surface area contributed by atoms with Crippen molar-refractivity contribution in [2.24, 2.45) is 11.8 Å². The molecule has 0 aromatic heterocycles. The van der Waals surface area contributed by atoms with E-state index in [0.717, 1.165) is 30.8 Å². The predicted octanol–water partition coefficient (Wildman–Crippen LogP) is 3.95. The first-order valence-corrected chi connectivity index (χ1v) is 7.44. The highest BCUT2D eigenvalue weighted by molar-refractivity contribution is 5.25. The Morgan fingerprint density at radius 3 is 2.72 bits per heavy atom. The third-order valence-electron chi connectivity index (χ3n) is 4.52. The van der Waals surface area contributed by atoms with Crippen molar-refractivity contribution >= 4 is 0 Å². The molecule has 1 heteroatoms. The van der Waals surface area contributed by atoms with Gasteiger partial charge in [-0.15, -0.1) is 0 Å². The molecule has 1 nitrogen and oxygen atoms in total. The maximum Gasteiger partial charge on any atom is 0.00953 e. The number of hydrogen-bond acceptors (Lipinski definition) is 1. The molecule has 0 heterocycles. The highest BCUT2D eigenvalue weighted by Crippen LogP contribution is 2.28. The molecule has 2 rings (SSSR count). The maximum atomic E-state index is 3.78. The molecule has 0 saturated heterocycles. The Labute approximate surface area is 112 Å². The summed E-state index contributed by atoms with van der Waals surface area (Å²) in [6.45, 7) is 8.12. The van der Waals surface area contributed by atoms with E-state index in [1.807, 2.05) is 0 Å². The minimum absolute atomic E-state index is 0.734. The van der Waals surface area contributed by atoms with E-state index in [1.54, 1.807) is 0 Å². The lowest BCUT2D eigenvalue weighted by Gasteiger charge is -2.33. The van der Waals surface area contributed by atoms with Crippen molar-refractivity contribution < 1.29 is 0 Å². The molecule has 0 bridgehead atoms. The van der Waals surface area contributed by atoms with Crippen LogP contribution in [0.15, 0.2) is 24.3 Å². The Morgan fingerprint density at radius 1 is 1.17 bits per heavy atom. The minimum Gasteiger partial charge on any atom is -0.313 e. The smallest absolute Gasteiger partial charge is 0.00953 e. The Hall–Kier alpha value is -0.820. The van der Waals surface area contributed by atoms with Crippen molar-refractivity contribution in [3.05, 3.63) is 35.4 Å². The van der Waals surface area contributed by atoms with Gasteiger partial charge in [0.25, 0.3) is 0 Å². The van der Waals surface area contributed by atoms with Crippen LogP contribution in [0.5, 0.6) is 0 Å². The molecule has 0 spiro atoms. The van der Waals surface area contributed by atoms with Crippen LogP contribution in [0.25, 0.3) is 0 Å². The summed E-state index contributed by atoms with van der Waals surface area (Å²) in [6, 6.07) is 9.47. The molecule has 18 heavy (non-hydrogen) atoms. The van der Waals surface area contributed by atoms with E-state index in [4.69, 9.17) is 0 Å². The van der Waals surface area contributed by atoms with E-state index >= 15 is 0 Å². The molecule has 1 aliphatic rings. The number of hydrogen-bond donors (Lipinski definition) is 1. The third-order valence-corrected chi connectivity index (χ3v) is 4.52. The van der Waals surface area contributed by atoms with Crippen LogP contribution in [-0.4, -0.2) is 12.6 Å². The van der Waals surface area contributed by atoms with E-state index in [2.05, 4.69) is 50.4 Å². The fourth-order valence-electron chi connectivity index (χ4n) is 3.10. The zero-order valence-electron chi connectivity index (χ0n) is 12.1. The monoisotopic (exact) mass is 245 g/mol. The first kappa shape index (κ1) is 13.6. The van der Waals surface area contributed by atoms with Crippen molar-refractivity contribution in [1.82, 2.24) is 5.32 Å². The normalized spacial score (nSPS) is 28.3. The van der Waals surface area contributed by atoms with Gasteiger partial charge in [-0.25, -0.2) is 0 Å². The molecule has 3 unspecified atom stereocenters. The Morgan fingerprint density at radius 2 is 1.94 bits per heavy atom. The minimum atomic E-state index is 0.734. The Bertz CT molecular complexity index is 372. The van der Waals surface area contributed by atoms with Gasteiger partial charge >= 0.3 is 0 Å². The summed E-state index contributed by atoms with van der Waals surface area (Å²) in [4.78, 5) is 0. The second kappa shape index (κ2) is 6.38. The van der Waals surface area contributed by atoms with Crippen molar-refractivity contribution in [1.29, 1.82) is 0 Å². The molecule has 1 aromatic rings. The summed E-state index contributed by atoms with van der Waals surface area (Å²) < 4.78 is 0.